The number of rotatable bonds is 4. The molecule has 3 N–H and O–H groups in total. The Kier molecular flexibility index (Phi) is 6.71. The Morgan fingerprint density at radius 3 is 3.00 bits per heavy atom. The molecule has 3 unspecified atom stereocenters. The van der Waals surface area contributed by atoms with Crippen molar-refractivity contribution in [2.45, 2.75) is 37.8 Å². The average molecular weight is 490 g/mol. The van der Waals surface area contributed by atoms with Crippen LogP contribution in [-0.4, -0.2) is 65.8 Å². The number of hydrogen-bond donors (Lipinski definition) is 2. The molecule has 11 heteroatoms. The first-order valence-electron chi connectivity index (χ1n) is 12.1. The second-order valence-corrected chi connectivity index (χ2v) is 9.45. The molecule has 1 aromatic heterocycles. The molecule has 0 spiro atoms. The summed E-state index contributed by atoms with van der Waals surface area (Å²) < 4.78 is 14.0. The van der Waals surface area contributed by atoms with Gasteiger partial charge in [-0.15, -0.1) is 5.11 Å². The van der Waals surface area contributed by atoms with E-state index in [2.05, 4.69) is 30.5 Å². The quantitative estimate of drug-likeness (QED) is 0.222. The summed E-state index contributed by atoms with van der Waals surface area (Å²) in [5, 5.41) is 19.5. The van der Waals surface area contributed by atoms with Gasteiger partial charge in [0.05, 0.1) is 11.5 Å². The summed E-state index contributed by atoms with van der Waals surface area (Å²) in [5.74, 6) is 4.98. The topological polar surface area (TPSA) is 135 Å². The average Bonchev–Trinajstić information content (AvgIpc) is 3.31. The molecule has 10 nitrogen and oxygen atoms in total. The molecule has 3 heterocycles. The van der Waals surface area contributed by atoms with Crippen LogP contribution in [0.3, 0.4) is 0 Å². The summed E-state index contributed by atoms with van der Waals surface area (Å²) in [4.78, 5) is 26.3. The maximum absolute atomic E-state index is 14.0. The van der Waals surface area contributed by atoms with Crippen LogP contribution in [-0.2, 0) is 11.2 Å². The fraction of sp³-hybridized carbons (Fsp3) is 0.440. The van der Waals surface area contributed by atoms with E-state index in [0.29, 0.717) is 24.5 Å². The highest BCUT2D eigenvalue weighted by Crippen LogP contribution is 2.36. The number of nitrogens with zero attached hydrogens (tertiary/aromatic N) is 7. The van der Waals surface area contributed by atoms with E-state index in [4.69, 9.17) is 5.84 Å². The van der Waals surface area contributed by atoms with Crippen LogP contribution in [0.25, 0.3) is 0 Å². The van der Waals surface area contributed by atoms with E-state index in [0.717, 1.165) is 49.2 Å². The van der Waals surface area contributed by atoms with E-state index in [9.17, 15) is 14.4 Å². The van der Waals surface area contributed by atoms with Crippen molar-refractivity contribution in [2.75, 3.05) is 32.7 Å². The molecule has 1 aliphatic carbocycles. The predicted molar refractivity (Wildman–Crippen MR) is 131 cm³/mol. The van der Waals surface area contributed by atoms with Crippen LogP contribution in [0.5, 0.6) is 0 Å². The number of nitrogens with two attached hydrogens (primary N) is 1. The van der Waals surface area contributed by atoms with Gasteiger partial charge in [0.2, 0.25) is 5.91 Å². The Morgan fingerprint density at radius 1 is 1.33 bits per heavy atom. The predicted octanol–water partition coefficient (Wildman–Crippen LogP) is 2.27. The number of piperazine rings is 2. The van der Waals surface area contributed by atoms with Crippen molar-refractivity contribution in [3.63, 3.8) is 0 Å². The first-order valence-corrected chi connectivity index (χ1v) is 12.1. The summed E-state index contributed by atoms with van der Waals surface area (Å²) >= 11 is 0. The van der Waals surface area contributed by atoms with E-state index < -0.39 is 5.82 Å². The van der Waals surface area contributed by atoms with Crippen LogP contribution in [0.15, 0.2) is 39.7 Å². The largest absolute Gasteiger partial charge is 0.339 e. The fourth-order valence-corrected chi connectivity index (χ4v) is 5.67. The fourth-order valence-electron chi connectivity index (χ4n) is 5.67. The standard InChI is InChI=1S/C25H28FN9O/c1-15-18(4-5-22(26)20(15)9-27)23-13-34-6-7-35(12-17(34)10-29-23)25(36)19-3-2-16-8-24(30-11-21(16)19)31-14-32-33-28/h4-5,8,11,14,17,19,23,29H,2-3,6-7,10,12-13H2,1H3,(H2,28,30,31,32). The highest BCUT2D eigenvalue weighted by Gasteiger charge is 2.39. The van der Waals surface area contributed by atoms with Crippen molar-refractivity contribution < 1.29 is 9.18 Å². The molecule has 5 rings (SSSR count). The SMILES string of the molecule is Cc1c(C2CN3CCN(C(=O)C4CCc5cc(N=CN=NN)ncc54)CC3CN2)ccc(F)c1C#N. The molecule has 0 bridgehead atoms. The number of fused-ring (bicyclic) bond motifs is 2. The van der Waals surface area contributed by atoms with Crippen molar-refractivity contribution in [1.82, 2.24) is 20.1 Å². The Bertz CT molecular complexity index is 1270. The lowest BCUT2D eigenvalue weighted by Crippen LogP contribution is -2.63. The Balaban J connectivity index is 1.23. The van der Waals surface area contributed by atoms with E-state index >= 15 is 0 Å². The second-order valence-electron chi connectivity index (χ2n) is 9.45. The van der Waals surface area contributed by atoms with Crippen LogP contribution in [0.1, 0.15) is 46.2 Å². The number of amides is 1. The zero-order chi connectivity index (χ0) is 25.2. The molecular formula is C25H28FN9O. The third kappa shape index (κ3) is 4.45. The maximum Gasteiger partial charge on any atom is 0.230 e. The molecule has 36 heavy (non-hydrogen) atoms. The molecule has 3 atom stereocenters. The van der Waals surface area contributed by atoms with Gasteiger partial charge in [-0.25, -0.2) is 14.4 Å². The van der Waals surface area contributed by atoms with Crippen LogP contribution in [0.4, 0.5) is 10.2 Å². The lowest BCUT2D eigenvalue weighted by molar-refractivity contribution is -0.136. The number of aromatic nitrogens is 1. The number of carbonyl (C=O) groups excluding carboxylic acids is 1. The monoisotopic (exact) mass is 489 g/mol. The summed E-state index contributed by atoms with van der Waals surface area (Å²) in [7, 11) is 0. The summed E-state index contributed by atoms with van der Waals surface area (Å²) in [5.41, 5.74) is 3.82. The second kappa shape index (κ2) is 10.1. The van der Waals surface area contributed by atoms with Gasteiger partial charge in [-0.3, -0.25) is 9.69 Å². The van der Waals surface area contributed by atoms with E-state index in [1.807, 2.05) is 17.0 Å². The van der Waals surface area contributed by atoms with Gasteiger partial charge >= 0.3 is 0 Å². The molecule has 3 aliphatic rings. The summed E-state index contributed by atoms with van der Waals surface area (Å²) in [6.07, 6.45) is 4.57. The number of nitriles is 1. The number of pyridine rings is 1. The van der Waals surface area contributed by atoms with Crippen molar-refractivity contribution in [3.05, 3.63) is 58.0 Å². The van der Waals surface area contributed by atoms with E-state index in [1.54, 1.807) is 19.2 Å². The number of aryl methyl sites for hydroxylation is 1. The van der Waals surface area contributed by atoms with Gasteiger partial charge in [0.1, 0.15) is 18.2 Å². The van der Waals surface area contributed by atoms with Crippen LogP contribution in [0, 0.1) is 24.1 Å². The van der Waals surface area contributed by atoms with Crippen molar-refractivity contribution in [2.24, 2.45) is 21.2 Å². The Labute approximate surface area is 208 Å². The molecule has 2 aliphatic heterocycles. The van der Waals surface area contributed by atoms with Gasteiger partial charge in [-0.1, -0.05) is 11.3 Å². The molecule has 2 fully saturated rings. The summed E-state index contributed by atoms with van der Waals surface area (Å²) in [6.45, 7) is 5.39. The van der Waals surface area contributed by atoms with Crippen molar-refractivity contribution >= 4 is 18.1 Å². The van der Waals surface area contributed by atoms with E-state index in [-0.39, 0.29) is 29.5 Å². The number of aliphatic imine (C=N–C) groups is 1. The normalized spacial score (nSPS) is 24.1. The molecule has 2 saturated heterocycles. The van der Waals surface area contributed by atoms with Gasteiger partial charge in [0, 0.05) is 51.0 Å². The third-order valence-electron chi connectivity index (χ3n) is 7.57. The van der Waals surface area contributed by atoms with Gasteiger partial charge in [0.15, 0.2) is 5.82 Å². The minimum atomic E-state index is -0.481. The molecule has 1 amide bonds. The summed E-state index contributed by atoms with van der Waals surface area (Å²) in [6, 6.07) is 7.25. The van der Waals surface area contributed by atoms with Crippen LogP contribution in [0.2, 0.25) is 0 Å². The molecule has 0 saturated carbocycles. The third-order valence-corrected chi connectivity index (χ3v) is 7.57. The number of halogens is 1. The lowest BCUT2D eigenvalue weighted by atomic mass is 9.93. The van der Waals surface area contributed by atoms with Crippen LogP contribution < -0.4 is 11.2 Å². The van der Waals surface area contributed by atoms with Gasteiger partial charge in [-0.2, -0.15) is 5.26 Å². The molecule has 0 radical (unpaired) electrons. The number of benzene rings is 1. The smallest absolute Gasteiger partial charge is 0.230 e. The number of hydrogen-bond acceptors (Lipinski definition) is 7. The Hall–Kier alpha value is -3.75. The zero-order valence-corrected chi connectivity index (χ0v) is 20.1. The zero-order valence-electron chi connectivity index (χ0n) is 20.1. The van der Waals surface area contributed by atoms with Gasteiger partial charge in [0.25, 0.3) is 0 Å². The molecule has 2 aromatic rings. The maximum atomic E-state index is 14.0. The number of nitrogens with one attached hydrogen (secondary N) is 1. The first kappa shape index (κ1) is 24.0. The van der Waals surface area contributed by atoms with Gasteiger partial charge in [-0.05, 0) is 54.2 Å². The van der Waals surface area contributed by atoms with Gasteiger partial charge < -0.3 is 16.1 Å². The minimum Gasteiger partial charge on any atom is -0.339 e. The minimum absolute atomic E-state index is 0.0205. The van der Waals surface area contributed by atoms with E-state index in [1.165, 1.54) is 12.4 Å². The van der Waals surface area contributed by atoms with Crippen molar-refractivity contribution in [3.8, 4) is 6.07 Å². The first-order chi connectivity index (χ1) is 17.5. The lowest BCUT2D eigenvalue weighted by Gasteiger charge is -2.47. The highest BCUT2D eigenvalue weighted by molar-refractivity contribution is 5.85. The number of carbonyl (C=O) groups is 1. The van der Waals surface area contributed by atoms with Crippen LogP contribution >= 0.6 is 0 Å². The molecular weight excluding hydrogens is 461 g/mol. The van der Waals surface area contributed by atoms with Crippen molar-refractivity contribution in [1.29, 1.82) is 5.26 Å². The highest BCUT2D eigenvalue weighted by atomic mass is 19.1. The molecule has 1 aromatic carbocycles. The molecule has 186 valence electrons. The Morgan fingerprint density at radius 2 is 2.19 bits per heavy atom.